The molecule has 76 valence electrons. The largest absolute Gasteiger partial charge is 0.314 e. The van der Waals surface area contributed by atoms with Crippen LogP contribution in [-0.2, 0) is 0 Å². The van der Waals surface area contributed by atoms with Crippen molar-refractivity contribution in [3.63, 3.8) is 0 Å². The highest BCUT2D eigenvalue weighted by atomic mass is 79.9. The second kappa shape index (κ2) is 4.43. The van der Waals surface area contributed by atoms with Crippen LogP contribution in [0.15, 0.2) is 22.7 Å². The molecule has 2 N–H and O–H groups in total. The van der Waals surface area contributed by atoms with Gasteiger partial charge in [0.2, 0.25) is 0 Å². The molecule has 1 saturated heterocycles. The third-order valence-electron chi connectivity index (χ3n) is 2.66. The molecule has 0 unspecified atom stereocenters. The fourth-order valence-corrected chi connectivity index (χ4v) is 2.24. The van der Waals surface area contributed by atoms with Gasteiger partial charge in [0.15, 0.2) is 0 Å². The first-order chi connectivity index (χ1) is 6.77. The van der Waals surface area contributed by atoms with E-state index in [1.807, 2.05) is 0 Å². The molecule has 1 aliphatic heterocycles. The monoisotopic (exact) mass is 254 g/mol. The normalized spacial score (nSPS) is 22.3. The van der Waals surface area contributed by atoms with Crippen LogP contribution < -0.4 is 10.6 Å². The molecule has 0 radical (unpaired) electrons. The van der Waals surface area contributed by atoms with Crippen LogP contribution in [0, 0.1) is 6.92 Å². The highest BCUT2D eigenvalue weighted by Gasteiger charge is 2.15. The van der Waals surface area contributed by atoms with Crippen LogP contribution in [0.4, 0.5) is 0 Å². The van der Waals surface area contributed by atoms with Crippen LogP contribution >= 0.6 is 15.9 Å². The molecule has 2 rings (SSSR count). The summed E-state index contributed by atoms with van der Waals surface area (Å²) in [7, 11) is 0. The number of hydrogen-bond donors (Lipinski definition) is 2. The molecule has 1 aromatic rings. The second-order valence-electron chi connectivity index (χ2n) is 3.71. The average molecular weight is 255 g/mol. The molecule has 3 heteroatoms. The van der Waals surface area contributed by atoms with E-state index in [0.29, 0.717) is 6.04 Å². The van der Waals surface area contributed by atoms with Crippen molar-refractivity contribution in [1.29, 1.82) is 0 Å². The van der Waals surface area contributed by atoms with E-state index < -0.39 is 0 Å². The summed E-state index contributed by atoms with van der Waals surface area (Å²) < 4.78 is 1.16. The predicted octanol–water partition coefficient (Wildman–Crippen LogP) is 1.99. The molecule has 1 fully saturated rings. The van der Waals surface area contributed by atoms with Crippen LogP contribution in [0.25, 0.3) is 0 Å². The summed E-state index contributed by atoms with van der Waals surface area (Å²) in [5.74, 6) is 0. The van der Waals surface area contributed by atoms with E-state index in [-0.39, 0.29) is 0 Å². The fourth-order valence-electron chi connectivity index (χ4n) is 1.86. The van der Waals surface area contributed by atoms with Crippen molar-refractivity contribution in [2.24, 2.45) is 0 Å². The second-order valence-corrected chi connectivity index (χ2v) is 4.63. The number of nitrogens with one attached hydrogen (secondary N) is 2. The zero-order valence-electron chi connectivity index (χ0n) is 8.31. The Morgan fingerprint density at radius 1 is 1.36 bits per heavy atom. The van der Waals surface area contributed by atoms with Crippen molar-refractivity contribution < 1.29 is 0 Å². The lowest BCUT2D eigenvalue weighted by atomic mass is 10.0. The fraction of sp³-hybridized carbons (Fsp3) is 0.455. The first-order valence-corrected chi connectivity index (χ1v) is 5.77. The van der Waals surface area contributed by atoms with Crippen LogP contribution in [0.3, 0.4) is 0 Å². The van der Waals surface area contributed by atoms with E-state index in [0.717, 1.165) is 24.1 Å². The van der Waals surface area contributed by atoms with Crippen LogP contribution in [-0.4, -0.2) is 19.6 Å². The highest BCUT2D eigenvalue weighted by molar-refractivity contribution is 9.10. The van der Waals surface area contributed by atoms with E-state index >= 15 is 0 Å². The van der Waals surface area contributed by atoms with E-state index in [9.17, 15) is 0 Å². The Morgan fingerprint density at radius 3 is 2.93 bits per heavy atom. The first kappa shape index (κ1) is 10.1. The molecule has 1 atom stereocenters. The van der Waals surface area contributed by atoms with Gasteiger partial charge in [-0.2, -0.15) is 0 Å². The number of benzene rings is 1. The van der Waals surface area contributed by atoms with Crippen LogP contribution in [0.2, 0.25) is 0 Å². The van der Waals surface area contributed by atoms with Crippen LogP contribution in [0.5, 0.6) is 0 Å². The Labute approximate surface area is 93.2 Å². The van der Waals surface area contributed by atoms with Gasteiger partial charge in [0, 0.05) is 30.1 Å². The van der Waals surface area contributed by atoms with Gasteiger partial charge >= 0.3 is 0 Å². The molecular weight excluding hydrogens is 240 g/mol. The molecule has 0 spiro atoms. The van der Waals surface area contributed by atoms with Crippen LogP contribution in [0.1, 0.15) is 17.2 Å². The van der Waals surface area contributed by atoms with Gasteiger partial charge in [-0.15, -0.1) is 0 Å². The van der Waals surface area contributed by atoms with E-state index in [1.165, 1.54) is 11.1 Å². The van der Waals surface area contributed by atoms with Crippen molar-refractivity contribution >= 4 is 15.9 Å². The summed E-state index contributed by atoms with van der Waals surface area (Å²) in [5, 5.41) is 6.92. The van der Waals surface area contributed by atoms with Gasteiger partial charge in [-0.1, -0.05) is 22.0 Å². The smallest absolute Gasteiger partial charge is 0.0450 e. The summed E-state index contributed by atoms with van der Waals surface area (Å²) in [4.78, 5) is 0. The summed E-state index contributed by atoms with van der Waals surface area (Å²) in [6.45, 7) is 5.32. The Balaban J connectivity index is 2.24. The molecule has 0 aromatic heterocycles. The molecule has 2 nitrogen and oxygen atoms in total. The number of rotatable bonds is 1. The highest BCUT2D eigenvalue weighted by Crippen LogP contribution is 2.22. The minimum Gasteiger partial charge on any atom is -0.314 e. The van der Waals surface area contributed by atoms with Crippen molar-refractivity contribution in [3.8, 4) is 0 Å². The van der Waals surface area contributed by atoms with Crippen molar-refractivity contribution in [3.05, 3.63) is 33.8 Å². The van der Waals surface area contributed by atoms with Crippen molar-refractivity contribution in [1.82, 2.24) is 10.6 Å². The number of aryl methyl sites for hydroxylation is 1. The predicted molar refractivity (Wildman–Crippen MR) is 62.5 cm³/mol. The van der Waals surface area contributed by atoms with E-state index in [1.54, 1.807) is 0 Å². The van der Waals surface area contributed by atoms with Gasteiger partial charge in [-0.25, -0.2) is 0 Å². The maximum atomic E-state index is 3.52. The molecule has 0 amide bonds. The lowest BCUT2D eigenvalue weighted by molar-refractivity contribution is 0.429. The lowest BCUT2D eigenvalue weighted by Crippen LogP contribution is -2.42. The average Bonchev–Trinajstić information content (AvgIpc) is 2.23. The maximum absolute atomic E-state index is 3.52. The molecule has 1 heterocycles. The maximum Gasteiger partial charge on any atom is 0.0450 e. The van der Waals surface area contributed by atoms with Gasteiger partial charge < -0.3 is 10.6 Å². The quantitative estimate of drug-likeness (QED) is 0.802. The Bertz CT molecular complexity index is 319. The van der Waals surface area contributed by atoms with Gasteiger partial charge in [-0.05, 0) is 30.2 Å². The number of piperazine rings is 1. The zero-order chi connectivity index (χ0) is 9.97. The SMILES string of the molecule is Cc1ccc(Br)cc1[C@@H]1CNCCN1. The van der Waals surface area contributed by atoms with Gasteiger partial charge in [-0.3, -0.25) is 0 Å². The zero-order valence-corrected chi connectivity index (χ0v) is 9.89. The van der Waals surface area contributed by atoms with E-state index in [4.69, 9.17) is 0 Å². The third-order valence-corrected chi connectivity index (χ3v) is 3.15. The number of halogens is 1. The molecular formula is C11H15BrN2. The molecule has 1 aliphatic rings. The lowest BCUT2D eigenvalue weighted by Gasteiger charge is -2.26. The standard InChI is InChI=1S/C11H15BrN2/c1-8-2-3-9(12)6-10(8)11-7-13-4-5-14-11/h2-3,6,11,13-14H,4-5,7H2,1H3/t11-/m0/s1. The van der Waals surface area contributed by atoms with Crippen molar-refractivity contribution in [2.45, 2.75) is 13.0 Å². The summed E-state index contributed by atoms with van der Waals surface area (Å²) >= 11 is 3.51. The summed E-state index contributed by atoms with van der Waals surface area (Å²) in [5.41, 5.74) is 2.75. The Kier molecular flexibility index (Phi) is 3.21. The Hall–Kier alpha value is -0.380. The third kappa shape index (κ3) is 2.16. The molecule has 0 saturated carbocycles. The van der Waals surface area contributed by atoms with Gasteiger partial charge in [0.25, 0.3) is 0 Å². The first-order valence-electron chi connectivity index (χ1n) is 4.97. The topological polar surface area (TPSA) is 24.1 Å². The number of hydrogen-bond acceptors (Lipinski definition) is 2. The minimum atomic E-state index is 0.459. The van der Waals surface area contributed by atoms with Gasteiger partial charge in [0.05, 0.1) is 0 Å². The summed E-state index contributed by atoms with van der Waals surface area (Å²) in [6, 6.07) is 6.92. The molecule has 14 heavy (non-hydrogen) atoms. The van der Waals surface area contributed by atoms with Gasteiger partial charge in [0.1, 0.15) is 0 Å². The van der Waals surface area contributed by atoms with E-state index in [2.05, 4.69) is 51.7 Å². The molecule has 0 bridgehead atoms. The Morgan fingerprint density at radius 2 is 2.21 bits per heavy atom. The molecule has 1 aromatic carbocycles. The molecule has 0 aliphatic carbocycles. The van der Waals surface area contributed by atoms with Crippen molar-refractivity contribution in [2.75, 3.05) is 19.6 Å². The summed E-state index contributed by atoms with van der Waals surface area (Å²) in [6.07, 6.45) is 0. The minimum absolute atomic E-state index is 0.459.